The number of alkyl carbamates (subject to hydrolysis) is 1. The number of carbonyl (C=O) groups is 4. The fourth-order valence-corrected chi connectivity index (χ4v) is 5.47. The van der Waals surface area contributed by atoms with Gasteiger partial charge in [0.1, 0.15) is 16.8 Å². The molecule has 1 aromatic heterocycles. The average molecular weight is 512 g/mol. The van der Waals surface area contributed by atoms with Gasteiger partial charge in [-0.2, -0.15) is 0 Å². The molecule has 10 heteroatoms. The lowest BCUT2D eigenvalue weighted by Crippen LogP contribution is -2.59. The van der Waals surface area contributed by atoms with Crippen LogP contribution in [0.25, 0.3) is 10.8 Å². The minimum atomic E-state index is -1.56. The fourth-order valence-electron chi connectivity index (χ4n) is 5.47. The summed E-state index contributed by atoms with van der Waals surface area (Å²) in [5.41, 5.74) is -2.14. The van der Waals surface area contributed by atoms with Crippen LogP contribution in [0, 0.1) is 17.8 Å². The summed E-state index contributed by atoms with van der Waals surface area (Å²) in [7, 11) is 0. The summed E-state index contributed by atoms with van der Waals surface area (Å²) in [6, 6.07) is 8.57. The largest absolute Gasteiger partial charge is 0.466 e. The summed E-state index contributed by atoms with van der Waals surface area (Å²) in [6.07, 6.45) is 0.782. The highest BCUT2D eigenvalue weighted by molar-refractivity contribution is 6.05. The number of nitrogens with zero attached hydrogens (tertiary/aromatic N) is 1. The Labute approximate surface area is 215 Å². The first-order valence-electron chi connectivity index (χ1n) is 12.5. The van der Waals surface area contributed by atoms with Gasteiger partial charge in [-0.05, 0) is 52.0 Å². The molecular weight excluding hydrogens is 478 g/mol. The van der Waals surface area contributed by atoms with Crippen LogP contribution in [0.2, 0.25) is 0 Å². The Balaban J connectivity index is 1.67. The third-order valence-electron chi connectivity index (χ3n) is 6.78. The van der Waals surface area contributed by atoms with E-state index < -0.39 is 58.9 Å². The van der Waals surface area contributed by atoms with E-state index in [1.165, 1.54) is 0 Å². The Kier molecular flexibility index (Phi) is 7.12. The van der Waals surface area contributed by atoms with Crippen molar-refractivity contribution in [2.24, 2.45) is 17.8 Å². The number of esters is 2. The maximum absolute atomic E-state index is 13.4. The highest BCUT2D eigenvalue weighted by Crippen LogP contribution is 2.63. The molecule has 1 heterocycles. The molecule has 1 aromatic carbocycles. The third-order valence-corrected chi connectivity index (χ3v) is 6.78. The second-order valence-corrected chi connectivity index (χ2v) is 10.4. The minimum Gasteiger partial charge on any atom is -0.466 e. The molecule has 0 spiro atoms. The summed E-state index contributed by atoms with van der Waals surface area (Å²) in [6.45, 7) is 8.72. The SMILES string of the molecule is CCOC(=O)[C@H]1C2C(NC(=O)c3nccc4ccccc34)CC(NC(=O)OC(C)(C)C)(C(=O)OCC)C21. The zero-order valence-corrected chi connectivity index (χ0v) is 21.7. The molecule has 4 unspecified atom stereocenters. The van der Waals surface area contributed by atoms with Crippen LogP contribution in [0.4, 0.5) is 4.79 Å². The number of amides is 2. The highest BCUT2D eigenvalue weighted by atomic mass is 16.6. The molecule has 2 saturated carbocycles. The number of hydrogen-bond donors (Lipinski definition) is 2. The van der Waals surface area contributed by atoms with Crippen molar-refractivity contribution >= 4 is 34.7 Å². The molecule has 4 rings (SSSR count). The predicted molar refractivity (Wildman–Crippen MR) is 133 cm³/mol. The predicted octanol–water partition coefficient (Wildman–Crippen LogP) is 2.99. The third kappa shape index (κ3) is 5.10. The van der Waals surface area contributed by atoms with Crippen LogP contribution in [0.15, 0.2) is 36.5 Å². The monoisotopic (exact) mass is 511 g/mol. The van der Waals surface area contributed by atoms with Gasteiger partial charge in [-0.15, -0.1) is 0 Å². The molecule has 2 fully saturated rings. The number of hydrogen-bond acceptors (Lipinski definition) is 8. The van der Waals surface area contributed by atoms with Gasteiger partial charge in [0.05, 0.1) is 19.1 Å². The van der Waals surface area contributed by atoms with Crippen molar-refractivity contribution in [3.8, 4) is 0 Å². The molecule has 10 nitrogen and oxygen atoms in total. The number of nitrogens with one attached hydrogen (secondary N) is 2. The van der Waals surface area contributed by atoms with E-state index in [1.807, 2.05) is 24.3 Å². The van der Waals surface area contributed by atoms with Crippen molar-refractivity contribution in [3.05, 3.63) is 42.2 Å². The van der Waals surface area contributed by atoms with Crippen molar-refractivity contribution in [2.75, 3.05) is 13.2 Å². The van der Waals surface area contributed by atoms with Crippen molar-refractivity contribution in [3.63, 3.8) is 0 Å². The molecule has 2 aliphatic carbocycles. The van der Waals surface area contributed by atoms with Gasteiger partial charge in [0, 0.05) is 30.0 Å². The molecule has 0 aliphatic heterocycles. The summed E-state index contributed by atoms with van der Waals surface area (Å²) in [5, 5.41) is 7.22. The molecule has 2 amide bonds. The normalized spacial score (nSPS) is 26.1. The zero-order chi connectivity index (χ0) is 27.0. The van der Waals surface area contributed by atoms with E-state index in [4.69, 9.17) is 14.2 Å². The summed E-state index contributed by atoms with van der Waals surface area (Å²) >= 11 is 0. The van der Waals surface area contributed by atoms with Crippen LogP contribution in [0.1, 0.15) is 51.5 Å². The van der Waals surface area contributed by atoms with Gasteiger partial charge in [-0.25, -0.2) is 9.59 Å². The molecule has 198 valence electrons. The van der Waals surface area contributed by atoms with Gasteiger partial charge in [-0.1, -0.05) is 24.3 Å². The molecule has 0 radical (unpaired) electrons. The number of ether oxygens (including phenoxy) is 3. The molecule has 2 aromatic rings. The van der Waals surface area contributed by atoms with Gasteiger partial charge in [0.15, 0.2) is 0 Å². The first-order chi connectivity index (χ1) is 17.5. The number of rotatable bonds is 7. The van der Waals surface area contributed by atoms with E-state index in [9.17, 15) is 19.2 Å². The van der Waals surface area contributed by atoms with Gasteiger partial charge < -0.3 is 24.8 Å². The van der Waals surface area contributed by atoms with Gasteiger partial charge >= 0.3 is 18.0 Å². The molecular formula is C27H33N3O7. The Morgan fingerprint density at radius 3 is 2.43 bits per heavy atom. The second-order valence-electron chi connectivity index (χ2n) is 10.4. The Morgan fingerprint density at radius 1 is 1.05 bits per heavy atom. The summed E-state index contributed by atoms with van der Waals surface area (Å²) in [5.74, 6) is -3.35. The average Bonchev–Trinajstić information content (AvgIpc) is 3.51. The number of pyridine rings is 1. The molecule has 2 N–H and O–H groups in total. The standard InChI is InChI=1S/C27H33N3O7/c1-6-35-23(32)19-18-17(29-22(31)21-16-11-9-8-10-15(16)12-13-28-21)14-27(20(18)19,24(33)36-7-2)30-25(34)37-26(3,4)5/h8-13,17-20H,6-7,14H2,1-5H3,(H,29,31)(H,30,34)/t17?,18?,19-,20?,27?/m0/s1. The van der Waals surface area contributed by atoms with Crippen LogP contribution < -0.4 is 10.6 Å². The summed E-state index contributed by atoms with van der Waals surface area (Å²) in [4.78, 5) is 56.7. The van der Waals surface area contributed by atoms with E-state index in [2.05, 4.69) is 15.6 Å². The quantitative estimate of drug-likeness (QED) is 0.428. The molecule has 0 bridgehead atoms. The van der Waals surface area contributed by atoms with Crippen LogP contribution in [-0.2, 0) is 23.8 Å². The van der Waals surface area contributed by atoms with Crippen molar-refractivity contribution < 1.29 is 33.4 Å². The maximum atomic E-state index is 13.4. The van der Waals surface area contributed by atoms with E-state index >= 15 is 0 Å². The molecule has 5 atom stereocenters. The van der Waals surface area contributed by atoms with Crippen molar-refractivity contribution in [1.82, 2.24) is 15.6 Å². The molecule has 37 heavy (non-hydrogen) atoms. The Morgan fingerprint density at radius 2 is 1.76 bits per heavy atom. The number of aromatic nitrogens is 1. The lowest BCUT2D eigenvalue weighted by Gasteiger charge is -2.33. The molecule has 2 aliphatic rings. The van der Waals surface area contributed by atoms with Crippen molar-refractivity contribution in [1.29, 1.82) is 0 Å². The fraction of sp³-hybridized carbons (Fsp3) is 0.519. The Hall–Kier alpha value is -3.69. The van der Waals surface area contributed by atoms with E-state index in [0.29, 0.717) is 5.39 Å². The van der Waals surface area contributed by atoms with E-state index in [-0.39, 0.29) is 25.3 Å². The second kappa shape index (κ2) is 9.99. The molecule has 0 saturated heterocycles. The number of benzene rings is 1. The van der Waals surface area contributed by atoms with Crippen LogP contribution >= 0.6 is 0 Å². The minimum absolute atomic E-state index is 0.0345. The van der Waals surface area contributed by atoms with Crippen LogP contribution in [-0.4, -0.2) is 59.3 Å². The van der Waals surface area contributed by atoms with Crippen LogP contribution in [0.5, 0.6) is 0 Å². The van der Waals surface area contributed by atoms with Crippen molar-refractivity contribution in [2.45, 2.75) is 58.2 Å². The van der Waals surface area contributed by atoms with Crippen LogP contribution in [0.3, 0.4) is 0 Å². The number of carbonyl (C=O) groups excluding carboxylic acids is 4. The first kappa shape index (κ1) is 26.4. The zero-order valence-electron chi connectivity index (χ0n) is 21.7. The Bertz CT molecular complexity index is 1220. The first-order valence-corrected chi connectivity index (χ1v) is 12.5. The van der Waals surface area contributed by atoms with Gasteiger partial charge in [-0.3, -0.25) is 14.6 Å². The maximum Gasteiger partial charge on any atom is 0.408 e. The topological polar surface area (TPSA) is 133 Å². The lowest BCUT2D eigenvalue weighted by molar-refractivity contribution is -0.153. The number of fused-ring (bicyclic) bond motifs is 2. The van der Waals surface area contributed by atoms with Gasteiger partial charge in [0.2, 0.25) is 0 Å². The smallest absolute Gasteiger partial charge is 0.408 e. The van der Waals surface area contributed by atoms with E-state index in [0.717, 1.165) is 5.39 Å². The summed E-state index contributed by atoms with van der Waals surface area (Å²) < 4.78 is 16.0. The lowest BCUT2D eigenvalue weighted by atomic mass is 9.88. The highest BCUT2D eigenvalue weighted by Gasteiger charge is 2.76. The van der Waals surface area contributed by atoms with E-state index in [1.54, 1.807) is 46.9 Å². The van der Waals surface area contributed by atoms with Gasteiger partial charge in [0.25, 0.3) is 5.91 Å².